The summed E-state index contributed by atoms with van der Waals surface area (Å²) in [5.41, 5.74) is 1.39. The Morgan fingerprint density at radius 2 is 2.20 bits per heavy atom. The van der Waals surface area contributed by atoms with E-state index < -0.39 is 11.8 Å². The van der Waals surface area contributed by atoms with Crippen molar-refractivity contribution in [3.05, 3.63) is 35.4 Å². The molecule has 1 rings (SSSR count). The summed E-state index contributed by atoms with van der Waals surface area (Å²) in [6.45, 7) is 3.36. The third-order valence-corrected chi connectivity index (χ3v) is 2.16. The Kier molecular flexibility index (Phi) is 3.55. The molecule has 0 aliphatic rings. The van der Waals surface area contributed by atoms with Crippen molar-refractivity contribution in [3.63, 3.8) is 0 Å². The van der Waals surface area contributed by atoms with Crippen LogP contribution in [0.25, 0.3) is 5.57 Å². The highest BCUT2D eigenvalue weighted by molar-refractivity contribution is 5.95. The third kappa shape index (κ3) is 2.62. The van der Waals surface area contributed by atoms with Gasteiger partial charge in [-0.3, -0.25) is 4.98 Å². The van der Waals surface area contributed by atoms with Crippen LogP contribution < -0.4 is 0 Å². The van der Waals surface area contributed by atoms with Crippen molar-refractivity contribution in [2.24, 2.45) is 0 Å². The van der Waals surface area contributed by atoms with Gasteiger partial charge in [0.05, 0.1) is 11.9 Å². The Morgan fingerprint density at radius 1 is 1.53 bits per heavy atom. The highest BCUT2D eigenvalue weighted by Crippen LogP contribution is 2.20. The van der Waals surface area contributed by atoms with E-state index in [1.54, 1.807) is 0 Å². The second-order valence-corrected chi connectivity index (χ2v) is 3.12. The molecule has 0 aromatic carbocycles. The van der Waals surface area contributed by atoms with Crippen LogP contribution >= 0.6 is 0 Å². The predicted octanol–water partition coefficient (Wildman–Crippen LogP) is 2.49. The van der Waals surface area contributed by atoms with Crippen molar-refractivity contribution >= 4 is 11.5 Å². The zero-order valence-corrected chi connectivity index (χ0v) is 8.62. The minimum absolute atomic E-state index is 0.247. The Labute approximate surface area is 87.3 Å². The molecule has 0 saturated carbocycles. The maximum atomic E-state index is 12.6. The highest BCUT2D eigenvalue weighted by Gasteiger charge is 2.10. The van der Waals surface area contributed by atoms with Crippen molar-refractivity contribution in [1.29, 1.82) is 0 Å². The van der Waals surface area contributed by atoms with Crippen LogP contribution in [0, 0.1) is 5.82 Å². The zero-order chi connectivity index (χ0) is 11.4. The van der Waals surface area contributed by atoms with E-state index in [9.17, 15) is 9.18 Å². The molecule has 0 aliphatic heterocycles. The van der Waals surface area contributed by atoms with Crippen molar-refractivity contribution in [2.75, 3.05) is 0 Å². The minimum Gasteiger partial charge on any atom is -0.478 e. The lowest BCUT2D eigenvalue weighted by atomic mass is 10.0. The molecule has 15 heavy (non-hydrogen) atoms. The largest absolute Gasteiger partial charge is 0.478 e. The van der Waals surface area contributed by atoms with Crippen LogP contribution in [0.4, 0.5) is 4.39 Å². The van der Waals surface area contributed by atoms with Gasteiger partial charge in [-0.05, 0) is 31.1 Å². The Morgan fingerprint density at radius 3 is 2.60 bits per heavy atom. The predicted molar refractivity (Wildman–Crippen MR) is 54.7 cm³/mol. The molecule has 0 amide bonds. The van der Waals surface area contributed by atoms with Gasteiger partial charge in [-0.25, -0.2) is 9.18 Å². The van der Waals surface area contributed by atoms with E-state index in [-0.39, 0.29) is 5.57 Å². The topological polar surface area (TPSA) is 50.2 Å². The van der Waals surface area contributed by atoms with Crippen LogP contribution in [0.3, 0.4) is 0 Å². The molecule has 1 aromatic heterocycles. The van der Waals surface area contributed by atoms with Gasteiger partial charge in [0.15, 0.2) is 0 Å². The lowest BCUT2D eigenvalue weighted by molar-refractivity contribution is -0.132. The van der Waals surface area contributed by atoms with Gasteiger partial charge >= 0.3 is 5.97 Å². The summed E-state index contributed by atoms with van der Waals surface area (Å²) in [5.74, 6) is -1.40. The molecule has 0 atom stereocenters. The maximum Gasteiger partial charge on any atom is 0.331 e. The van der Waals surface area contributed by atoms with Gasteiger partial charge in [-0.1, -0.05) is 6.92 Å². The van der Waals surface area contributed by atoms with Crippen molar-refractivity contribution in [3.8, 4) is 0 Å². The molecule has 0 saturated heterocycles. The fourth-order valence-corrected chi connectivity index (χ4v) is 1.32. The molecule has 0 radical (unpaired) electrons. The Bertz CT molecular complexity index is 396. The first-order valence-corrected chi connectivity index (χ1v) is 4.61. The molecule has 0 bridgehead atoms. The molecule has 0 spiro atoms. The molecule has 1 aromatic rings. The van der Waals surface area contributed by atoms with Gasteiger partial charge in [-0.2, -0.15) is 0 Å². The Hall–Kier alpha value is -1.71. The number of nitrogens with zero attached hydrogens (tertiary/aromatic N) is 1. The molecule has 4 heteroatoms. The van der Waals surface area contributed by atoms with E-state index in [2.05, 4.69) is 4.98 Å². The zero-order valence-electron chi connectivity index (χ0n) is 8.62. The summed E-state index contributed by atoms with van der Waals surface area (Å²) in [5, 5.41) is 8.84. The number of carboxylic acids is 1. The summed E-state index contributed by atoms with van der Waals surface area (Å²) < 4.78 is 12.6. The normalized spacial score (nSPS) is 12.2. The van der Waals surface area contributed by atoms with Gasteiger partial charge < -0.3 is 5.11 Å². The quantitative estimate of drug-likeness (QED) is 0.778. The number of aliphatic carboxylic acids is 1. The fraction of sp³-hybridized carbons (Fsp3) is 0.273. The molecule has 1 heterocycles. The van der Waals surface area contributed by atoms with Gasteiger partial charge in [0.2, 0.25) is 0 Å². The van der Waals surface area contributed by atoms with E-state index in [1.165, 1.54) is 19.1 Å². The summed E-state index contributed by atoms with van der Waals surface area (Å²) in [6.07, 6.45) is 1.64. The van der Waals surface area contributed by atoms with E-state index in [4.69, 9.17) is 5.11 Å². The van der Waals surface area contributed by atoms with Gasteiger partial charge in [-0.15, -0.1) is 0 Å². The summed E-state index contributed by atoms with van der Waals surface area (Å²) >= 11 is 0. The second-order valence-electron chi connectivity index (χ2n) is 3.12. The van der Waals surface area contributed by atoms with Crippen molar-refractivity contribution in [1.82, 2.24) is 4.98 Å². The first-order valence-electron chi connectivity index (χ1n) is 4.61. The molecule has 80 valence electrons. The van der Waals surface area contributed by atoms with Gasteiger partial charge in [0, 0.05) is 5.57 Å². The number of rotatable bonds is 3. The summed E-state index contributed by atoms with van der Waals surface area (Å²) in [4.78, 5) is 14.6. The number of pyridine rings is 1. The number of hydrogen-bond donors (Lipinski definition) is 1. The summed E-state index contributed by atoms with van der Waals surface area (Å²) in [7, 11) is 0. The monoisotopic (exact) mass is 209 g/mol. The van der Waals surface area contributed by atoms with Crippen LogP contribution in [0.1, 0.15) is 26.0 Å². The Balaban J connectivity index is 3.19. The number of carboxylic acid groups (broad SMARTS) is 1. The van der Waals surface area contributed by atoms with Crippen LogP contribution in [-0.2, 0) is 4.79 Å². The van der Waals surface area contributed by atoms with Crippen LogP contribution in [-0.4, -0.2) is 16.1 Å². The molecular formula is C11H12FNO2. The molecule has 0 aliphatic carbocycles. The van der Waals surface area contributed by atoms with Crippen LogP contribution in [0.15, 0.2) is 23.9 Å². The van der Waals surface area contributed by atoms with Gasteiger partial charge in [0.25, 0.3) is 0 Å². The van der Waals surface area contributed by atoms with Crippen LogP contribution in [0.5, 0.6) is 0 Å². The first-order chi connectivity index (χ1) is 7.06. The SMILES string of the molecule is CC/C(=C(/C)C(=O)O)c1ccc(F)cn1. The number of halogens is 1. The average molecular weight is 209 g/mol. The first kappa shape index (κ1) is 11.4. The van der Waals surface area contributed by atoms with E-state index in [0.717, 1.165) is 6.20 Å². The number of allylic oxidation sites excluding steroid dienone is 1. The molecule has 3 nitrogen and oxygen atoms in total. The fourth-order valence-electron chi connectivity index (χ4n) is 1.32. The number of aromatic nitrogens is 1. The number of carbonyl (C=O) groups is 1. The van der Waals surface area contributed by atoms with E-state index >= 15 is 0 Å². The second kappa shape index (κ2) is 4.68. The standard InChI is InChI=1S/C11H12FNO2/c1-3-9(7(2)11(14)15)10-5-4-8(12)6-13-10/h4-6H,3H2,1-2H3,(H,14,15)/b9-7+. The number of hydrogen-bond acceptors (Lipinski definition) is 2. The minimum atomic E-state index is -0.974. The lowest BCUT2D eigenvalue weighted by Gasteiger charge is -2.06. The molecule has 0 fully saturated rings. The van der Waals surface area contributed by atoms with E-state index in [1.807, 2.05) is 6.92 Å². The molecule has 1 N–H and O–H groups in total. The molecule has 0 unspecified atom stereocenters. The highest BCUT2D eigenvalue weighted by atomic mass is 19.1. The van der Waals surface area contributed by atoms with Crippen molar-refractivity contribution < 1.29 is 14.3 Å². The average Bonchev–Trinajstić information content (AvgIpc) is 2.21. The van der Waals surface area contributed by atoms with Gasteiger partial charge in [0.1, 0.15) is 5.82 Å². The lowest BCUT2D eigenvalue weighted by Crippen LogP contribution is -2.01. The summed E-state index contributed by atoms with van der Waals surface area (Å²) in [6, 6.07) is 2.76. The van der Waals surface area contributed by atoms with Crippen molar-refractivity contribution in [2.45, 2.75) is 20.3 Å². The maximum absolute atomic E-state index is 12.6. The third-order valence-electron chi connectivity index (χ3n) is 2.16. The van der Waals surface area contributed by atoms with E-state index in [0.29, 0.717) is 17.7 Å². The molecular weight excluding hydrogens is 197 g/mol. The van der Waals surface area contributed by atoms with Crippen LogP contribution in [0.2, 0.25) is 0 Å². The smallest absolute Gasteiger partial charge is 0.331 e.